The van der Waals surface area contributed by atoms with E-state index >= 15 is 0 Å². The Morgan fingerprint density at radius 2 is 1.61 bits per heavy atom. The standard InChI is InChI=1S/C28H24Cl2F4N2O2/c1-16(37)18-4-6-19(7-5-18)27(38)36-14-21(20-8-10-23(29)24(30)12-20)26(15-36)35(2)13-17-3-9-22(25(31)11-17)28(32,33)34/h3-12,21,26H,13-15H2,1-2H3. The first-order valence-corrected chi connectivity index (χ1v) is 12.5. The van der Waals surface area contributed by atoms with E-state index < -0.39 is 17.6 Å². The Morgan fingerprint density at radius 1 is 0.947 bits per heavy atom. The number of hydrogen-bond donors (Lipinski definition) is 0. The lowest BCUT2D eigenvalue weighted by molar-refractivity contribution is -0.140. The fourth-order valence-corrected chi connectivity index (χ4v) is 5.10. The van der Waals surface area contributed by atoms with Gasteiger partial charge in [0.05, 0.1) is 15.6 Å². The van der Waals surface area contributed by atoms with Gasteiger partial charge in [-0.1, -0.05) is 47.5 Å². The highest BCUT2D eigenvalue weighted by molar-refractivity contribution is 6.42. The van der Waals surface area contributed by atoms with Crippen LogP contribution in [0.15, 0.2) is 60.7 Å². The Morgan fingerprint density at radius 3 is 2.18 bits per heavy atom. The molecule has 1 aliphatic rings. The van der Waals surface area contributed by atoms with Gasteiger partial charge in [0.25, 0.3) is 5.91 Å². The van der Waals surface area contributed by atoms with Crippen molar-refractivity contribution >= 4 is 34.9 Å². The predicted molar refractivity (Wildman–Crippen MR) is 138 cm³/mol. The minimum absolute atomic E-state index is 0.105. The van der Waals surface area contributed by atoms with Gasteiger partial charge in [-0.25, -0.2) is 4.39 Å². The number of ketones is 1. The first-order valence-electron chi connectivity index (χ1n) is 11.8. The zero-order valence-corrected chi connectivity index (χ0v) is 22.0. The van der Waals surface area contributed by atoms with Crippen molar-refractivity contribution in [2.45, 2.75) is 31.6 Å². The van der Waals surface area contributed by atoms with Gasteiger partial charge in [0.2, 0.25) is 0 Å². The van der Waals surface area contributed by atoms with E-state index in [2.05, 4.69) is 0 Å². The fraction of sp³-hybridized carbons (Fsp3) is 0.286. The fourth-order valence-electron chi connectivity index (χ4n) is 4.79. The summed E-state index contributed by atoms with van der Waals surface area (Å²) < 4.78 is 53.1. The summed E-state index contributed by atoms with van der Waals surface area (Å²) in [6.07, 6.45) is -4.78. The normalized spacial score (nSPS) is 17.8. The molecule has 38 heavy (non-hydrogen) atoms. The topological polar surface area (TPSA) is 40.6 Å². The molecule has 1 fully saturated rings. The van der Waals surface area contributed by atoms with Gasteiger partial charge in [0.15, 0.2) is 5.78 Å². The molecule has 0 radical (unpaired) electrons. The lowest BCUT2D eigenvalue weighted by atomic mass is 9.93. The van der Waals surface area contributed by atoms with Crippen LogP contribution in [-0.4, -0.2) is 47.7 Å². The third-order valence-corrected chi connectivity index (χ3v) is 7.56. The summed E-state index contributed by atoms with van der Waals surface area (Å²) in [5.41, 5.74) is 0.827. The van der Waals surface area contributed by atoms with Crippen LogP contribution in [0.2, 0.25) is 10.0 Å². The smallest absolute Gasteiger partial charge is 0.336 e. The maximum Gasteiger partial charge on any atom is 0.419 e. The number of alkyl halides is 3. The van der Waals surface area contributed by atoms with Crippen molar-refractivity contribution in [3.8, 4) is 0 Å². The summed E-state index contributed by atoms with van der Waals surface area (Å²) in [6, 6.07) is 14.3. The van der Waals surface area contributed by atoms with Crippen LogP contribution >= 0.6 is 23.2 Å². The van der Waals surface area contributed by atoms with E-state index in [1.807, 2.05) is 11.0 Å². The maximum atomic E-state index is 14.2. The number of carbonyl (C=O) groups excluding carboxylic acids is 2. The van der Waals surface area contributed by atoms with E-state index in [1.54, 1.807) is 48.3 Å². The van der Waals surface area contributed by atoms with Crippen LogP contribution in [-0.2, 0) is 12.7 Å². The third-order valence-electron chi connectivity index (χ3n) is 6.82. The number of benzene rings is 3. The van der Waals surface area contributed by atoms with E-state index in [9.17, 15) is 27.2 Å². The predicted octanol–water partition coefficient (Wildman–Crippen LogP) is 7.09. The molecule has 1 heterocycles. The molecule has 2 unspecified atom stereocenters. The number of carbonyl (C=O) groups is 2. The number of likely N-dealkylation sites (tertiary alicyclic amines) is 1. The van der Waals surface area contributed by atoms with E-state index in [0.717, 1.165) is 17.7 Å². The zero-order chi connectivity index (χ0) is 27.8. The lowest BCUT2D eigenvalue weighted by Gasteiger charge is -2.29. The molecule has 200 valence electrons. The van der Waals surface area contributed by atoms with Crippen molar-refractivity contribution in [3.05, 3.63) is 104 Å². The third kappa shape index (κ3) is 6.03. The molecule has 0 bridgehead atoms. The Labute approximate surface area is 227 Å². The summed E-state index contributed by atoms with van der Waals surface area (Å²) in [7, 11) is 1.78. The van der Waals surface area contributed by atoms with E-state index in [4.69, 9.17) is 23.2 Å². The molecule has 3 aromatic carbocycles. The van der Waals surface area contributed by atoms with Gasteiger partial charge in [-0.05, 0) is 61.5 Å². The first-order chi connectivity index (χ1) is 17.8. The highest BCUT2D eigenvalue weighted by Crippen LogP contribution is 2.36. The van der Waals surface area contributed by atoms with Gasteiger partial charge in [0.1, 0.15) is 5.82 Å². The number of halogens is 6. The highest BCUT2D eigenvalue weighted by atomic mass is 35.5. The van der Waals surface area contributed by atoms with Gasteiger partial charge in [-0.3, -0.25) is 14.5 Å². The minimum atomic E-state index is -4.78. The molecule has 2 atom stereocenters. The molecule has 1 saturated heterocycles. The van der Waals surface area contributed by atoms with Gasteiger partial charge < -0.3 is 4.90 Å². The lowest BCUT2D eigenvalue weighted by Crippen LogP contribution is -2.38. The molecule has 1 amide bonds. The molecular formula is C28H24Cl2F4N2O2. The average Bonchev–Trinajstić information content (AvgIpc) is 3.30. The second kappa shape index (κ2) is 11.0. The largest absolute Gasteiger partial charge is 0.419 e. The summed E-state index contributed by atoms with van der Waals surface area (Å²) in [5.74, 6) is -1.86. The van der Waals surface area contributed by atoms with Crippen LogP contribution < -0.4 is 0 Å². The number of amides is 1. The molecule has 3 aromatic rings. The van der Waals surface area contributed by atoms with Gasteiger partial charge in [-0.2, -0.15) is 13.2 Å². The number of hydrogen-bond acceptors (Lipinski definition) is 3. The molecule has 0 aromatic heterocycles. The van der Waals surface area contributed by atoms with Gasteiger partial charge in [-0.15, -0.1) is 0 Å². The number of rotatable bonds is 6. The monoisotopic (exact) mass is 566 g/mol. The molecule has 0 spiro atoms. The average molecular weight is 567 g/mol. The Balaban J connectivity index is 1.60. The number of nitrogens with zero attached hydrogens (tertiary/aromatic N) is 2. The quantitative estimate of drug-likeness (QED) is 0.236. The van der Waals surface area contributed by atoms with Crippen molar-refractivity contribution in [3.63, 3.8) is 0 Å². The molecule has 1 aliphatic heterocycles. The van der Waals surface area contributed by atoms with Crippen LogP contribution in [0.3, 0.4) is 0 Å². The summed E-state index contributed by atoms with van der Waals surface area (Å²) in [5, 5.41) is 0.747. The van der Waals surface area contributed by atoms with Crippen LogP contribution in [0.1, 0.15) is 50.2 Å². The Kier molecular flexibility index (Phi) is 8.16. The van der Waals surface area contributed by atoms with Crippen molar-refractivity contribution in [2.24, 2.45) is 0 Å². The van der Waals surface area contributed by atoms with Crippen molar-refractivity contribution in [2.75, 3.05) is 20.1 Å². The van der Waals surface area contributed by atoms with Crippen LogP contribution in [0.25, 0.3) is 0 Å². The minimum Gasteiger partial charge on any atom is -0.336 e. The summed E-state index contributed by atoms with van der Waals surface area (Å²) >= 11 is 12.4. The second-order valence-corrected chi connectivity index (χ2v) is 10.2. The summed E-state index contributed by atoms with van der Waals surface area (Å²) in [4.78, 5) is 28.5. The molecule has 4 rings (SSSR count). The van der Waals surface area contributed by atoms with Gasteiger partial charge >= 0.3 is 6.18 Å². The number of Topliss-reactive ketones (excluding diaryl/α,β-unsaturated/α-hetero) is 1. The zero-order valence-electron chi connectivity index (χ0n) is 20.5. The molecular weight excluding hydrogens is 543 g/mol. The highest BCUT2D eigenvalue weighted by Gasteiger charge is 2.39. The first kappa shape index (κ1) is 28.1. The SMILES string of the molecule is CC(=O)c1ccc(C(=O)N2CC(c3ccc(Cl)c(Cl)c3)C(N(C)Cc3ccc(C(F)(F)F)c(F)c3)C2)cc1. The van der Waals surface area contributed by atoms with Gasteiger partial charge in [0, 0.05) is 42.7 Å². The molecule has 4 nitrogen and oxygen atoms in total. The summed E-state index contributed by atoms with van der Waals surface area (Å²) in [6.45, 7) is 2.27. The van der Waals surface area contributed by atoms with Crippen LogP contribution in [0, 0.1) is 5.82 Å². The Hall–Kier alpha value is -2.94. The maximum absolute atomic E-state index is 14.2. The molecule has 0 saturated carbocycles. The Bertz CT molecular complexity index is 1360. The van der Waals surface area contributed by atoms with Crippen molar-refractivity contribution < 1.29 is 27.2 Å². The van der Waals surface area contributed by atoms with Crippen LogP contribution in [0.4, 0.5) is 17.6 Å². The molecule has 0 aliphatic carbocycles. The van der Waals surface area contributed by atoms with E-state index in [0.29, 0.717) is 39.8 Å². The van der Waals surface area contributed by atoms with Crippen molar-refractivity contribution in [1.82, 2.24) is 9.80 Å². The number of likely N-dealkylation sites (N-methyl/N-ethyl adjacent to an activating group) is 1. The van der Waals surface area contributed by atoms with E-state index in [1.165, 1.54) is 13.0 Å². The molecule has 10 heteroatoms. The van der Waals surface area contributed by atoms with Crippen molar-refractivity contribution in [1.29, 1.82) is 0 Å². The second-order valence-electron chi connectivity index (χ2n) is 9.42. The van der Waals surface area contributed by atoms with E-state index in [-0.39, 0.29) is 30.2 Å². The molecule has 0 N–H and O–H groups in total. The van der Waals surface area contributed by atoms with Crippen LogP contribution in [0.5, 0.6) is 0 Å².